The summed E-state index contributed by atoms with van der Waals surface area (Å²) in [5, 5.41) is 23.0. The van der Waals surface area contributed by atoms with Gasteiger partial charge >= 0.3 is 33.0 Å². The van der Waals surface area contributed by atoms with E-state index in [0.29, 0.717) is 0 Å². The minimum Gasteiger partial charge on any atom is -0.437 e. The van der Waals surface area contributed by atoms with Gasteiger partial charge in [0.15, 0.2) is 0 Å². The third-order valence-electron chi connectivity index (χ3n) is 7.93. The van der Waals surface area contributed by atoms with Crippen molar-refractivity contribution in [2.45, 2.75) is 111 Å². The number of benzene rings is 2. The first kappa shape index (κ1) is 53.1. The minimum atomic E-state index is -1.43. The second-order valence-corrected chi connectivity index (χ2v) is 26.1. The molecule has 0 radical (unpaired) electrons. The number of nitrogens with zero attached hydrogens (tertiary/aromatic N) is 3. The van der Waals surface area contributed by atoms with Crippen LogP contribution in [0.4, 0.5) is 11.4 Å². The normalized spacial score (nSPS) is 15.3. The molecule has 0 aliphatic carbocycles. The third kappa shape index (κ3) is 22.4. The van der Waals surface area contributed by atoms with Gasteiger partial charge in [-0.1, -0.05) is 90.2 Å². The fourth-order valence-electron chi connectivity index (χ4n) is 4.67. The number of hydrogen-bond acceptors (Lipinski definition) is 6. The van der Waals surface area contributed by atoms with Crippen molar-refractivity contribution in [2.24, 2.45) is 4.99 Å². The summed E-state index contributed by atoms with van der Waals surface area (Å²) in [4.78, 5) is 8.85. The van der Waals surface area contributed by atoms with Gasteiger partial charge in [0.05, 0.1) is 5.69 Å². The van der Waals surface area contributed by atoms with Crippen molar-refractivity contribution < 1.29 is 28.9 Å². The molecule has 282 valence electrons. The molecule has 3 N–H and O–H groups in total. The molecule has 2 aromatic carbocycles. The van der Waals surface area contributed by atoms with Gasteiger partial charge in [-0.25, -0.2) is 0 Å². The number of para-hydroxylation sites is 2. The molecule has 2 aliphatic heterocycles. The van der Waals surface area contributed by atoms with Crippen molar-refractivity contribution >= 4 is 79.2 Å². The molecule has 0 amide bonds. The van der Waals surface area contributed by atoms with Crippen LogP contribution in [0.25, 0.3) is 0 Å². The Morgan fingerprint density at radius 2 is 1.31 bits per heavy atom. The second-order valence-electron chi connectivity index (χ2n) is 14.9. The van der Waals surface area contributed by atoms with Crippen LogP contribution in [0, 0.1) is 30.4 Å². The number of unbranched alkanes of at least 4 members (excludes halogenated alkanes) is 1. The third-order valence-corrected chi connectivity index (χ3v) is 11.0. The molecule has 2 fully saturated rings. The molecule has 2 saturated heterocycles. The Morgan fingerprint density at radius 1 is 0.865 bits per heavy atom. The van der Waals surface area contributed by atoms with Gasteiger partial charge in [0.2, 0.25) is 0 Å². The average Bonchev–Trinajstić information content (AvgIpc) is 3.06. The van der Waals surface area contributed by atoms with E-state index in [4.69, 9.17) is 6.42 Å². The van der Waals surface area contributed by atoms with Crippen molar-refractivity contribution in [2.75, 3.05) is 31.5 Å². The molecule has 4 rings (SSSR count). The van der Waals surface area contributed by atoms with Crippen LogP contribution in [0.2, 0.25) is 52.9 Å². The Balaban J connectivity index is 0. The second kappa shape index (κ2) is 26.7. The first-order valence-electron chi connectivity index (χ1n) is 17.8. The molecular weight excluding hydrogens is 801 g/mol. The summed E-state index contributed by atoms with van der Waals surface area (Å²) in [6, 6.07) is 16.2. The molecule has 2 heterocycles. The van der Waals surface area contributed by atoms with E-state index in [1.165, 1.54) is 12.1 Å². The van der Waals surface area contributed by atoms with E-state index in [1.807, 2.05) is 56.1 Å². The predicted octanol–water partition coefficient (Wildman–Crippen LogP) is 7.17. The van der Waals surface area contributed by atoms with Crippen LogP contribution in [-0.4, -0.2) is 87.3 Å². The summed E-state index contributed by atoms with van der Waals surface area (Å²) in [6.07, 6.45) is 11.1. The largest absolute Gasteiger partial charge is 1.00 e. The zero-order valence-corrected chi connectivity index (χ0v) is 38.3. The molecule has 13 heteroatoms. The van der Waals surface area contributed by atoms with Gasteiger partial charge in [-0.15, -0.1) is 17.5 Å². The van der Waals surface area contributed by atoms with Gasteiger partial charge in [-0.2, -0.15) is 6.42 Å². The number of anilines is 1. The van der Waals surface area contributed by atoms with Gasteiger partial charge in [-0.3, -0.25) is 4.99 Å². The Labute approximate surface area is 350 Å². The number of halogens is 2. The fraction of sp³-hybridized carbons (Fsp3) is 0.538. The smallest absolute Gasteiger partial charge is 0.437 e. The quantitative estimate of drug-likeness (QED) is 0.163. The van der Waals surface area contributed by atoms with E-state index in [2.05, 4.69) is 128 Å². The summed E-state index contributed by atoms with van der Waals surface area (Å²) in [7, 11) is -3.27. The zero-order valence-electron chi connectivity index (χ0n) is 33.1. The van der Waals surface area contributed by atoms with Gasteiger partial charge in [0.25, 0.3) is 0 Å². The first-order valence-corrected chi connectivity index (χ1v) is 26.4. The molecule has 2 aliphatic rings. The Morgan fingerprint density at radius 3 is 1.71 bits per heavy atom. The molecule has 0 spiro atoms. The summed E-state index contributed by atoms with van der Waals surface area (Å²) in [5.74, 6) is 3.58. The van der Waals surface area contributed by atoms with Crippen LogP contribution in [0.5, 0.6) is 0 Å². The first-order chi connectivity index (χ1) is 23.3. The minimum absolute atomic E-state index is 0. The molecule has 0 saturated carbocycles. The number of nitrogens with one attached hydrogen (secondary N) is 1. The topological polar surface area (TPSA) is 71.3 Å². The Bertz CT molecular complexity index is 1420. The van der Waals surface area contributed by atoms with Crippen LogP contribution in [0.3, 0.4) is 0 Å². The van der Waals surface area contributed by atoms with Crippen LogP contribution >= 0.6 is 31.9 Å². The number of piperidine rings is 2. The van der Waals surface area contributed by atoms with E-state index in [9.17, 15) is 10.0 Å². The molecular formula is C39H65B2Br2LiN4O2Si2. The van der Waals surface area contributed by atoms with Gasteiger partial charge < -0.3 is 31.9 Å². The molecule has 52 heavy (non-hydrogen) atoms. The SMILES string of the molecule is C.C#C[Si](C)(C)C.CB(O)N1CCC(=Nc2ccccc2Br)CC1.CB(O)N1CCC(C#C[Si](C)(C)C)(Nc2ccccc2Br)CC1.[CH2-]CCC.[Li+]. The maximum Gasteiger partial charge on any atom is 1.00 e. The van der Waals surface area contributed by atoms with E-state index < -0.39 is 16.1 Å². The monoisotopic (exact) mass is 864 g/mol. The fourth-order valence-corrected chi connectivity index (χ4v) is 6.04. The predicted molar refractivity (Wildman–Crippen MR) is 241 cm³/mol. The summed E-state index contributed by atoms with van der Waals surface area (Å²) >= 11 is 7.12. The Kier molecular flexibility index (Phi) is 27.3. The number of aliphatic imine (C=N–C) groups is 1. The van der Waals surface area contributed by atoms with Crippen LogP contribution in [-0.2, 0) is 0 Å². The zero-order chi connectivity index (χ0) is 38.0. The van der Waals surface area contributed by atoms with Gasteiger partial charge in [0, 0.05) is 20.3 Å². The molecule has 6 nitrogen and oxygen atoms in total. The van der Waals surface area contributed by atoms with E-state index in [1.54, 1.807) is 0 Å². The maximum absolute atomic E-state index is 9.81. The number of hydrogen-bond donors (Lipinski definition) is 3. The molecule has 0 aromatic heterocycles. The summed E-state index contributed by atoms with van der Waals surface area (Å²) in [5.41, 5.74) is 9.37. The standard InChI is InChI=1S/C17H26BBrN2OSi.C12H16BBrN2O.C5H10Si.C4H9.CH4.Li/c1-18(22)21-12-9-17(10-13-21,11-14-23(2,3)4)20-16-8-6-5-7-15(16)19;1-13(17)16-8-6-10(7-9-16)15-12-5-3-2-4-11(12)14;1-5-6(2,3)4;1-3-4-2;;/h5-8,20,22H,9-10,12-13H2,1-4H3;2-5,17H,6-9H2,1H3;1H,2-4H3;1,3-4H2,2H3;1H4;/q;;;-1;;+1. The molecule has 0 unspecified atom stereocenters. The van der Waals surface area contributed by atoms with Crippen molar-refractivity contribution in [1.82, 2.24) is 9.62 Å². The van der Waals surface area contributed by atoms with Crippen LogP contribution in [0.1, 0.15) is 52.9 Å². The van der Waals surface area contributed by atoms with E-state index in [0.717, 1.165) is 78.6 Å². The Hall–Kier alpha value is -1.01. The van der Waals surface area contributed by atoms with Crippen LogP contribution < -0.4 is 24.2 Å². The number of terminal acetylenes is 1. The summed E-state index contributed by atoms with van der Waals surface area (Å²) < 4.78 is 2.09. The van der Waals surface area contributed by atoms with Crippen molar-refractivity contribution in [3.63, 3.8) is 0 Å². The van der Waals surface area contributed by atoms with Crippen molar-refractivity contribution in [3.05, 3.63) is 64.4 Å². The average molecular weight is 867 g/mol. The molecule has 0 atom stereocenters. The maximum atomic E-state index is 9.81. The molecule has 0 bridgehead atoms. The van der Waals surface area contributed by atoms with Gasteiger partial charge in [-0.05, 0) is 122 Å². The van der Waals surface area contributed by atoms with Crippen molar-refractivity contribution in [3.8, 4) is 23.4 Å². The van der Waals surface area contributed by atoms with Gasteiger partial charge in [0.1, 0.15) is 21.7 Å². The summed E-state index contributed by atoms with van der Waals surface area (Å²) in [6.45, 7) is 26.1. The number of rotatable bonds is 6. The van der Waals surface area contributed by atoms with E-state index >= 15 is 0 Å². The van der Waals surface area contributed by atoms with Crippen LogP contribution in [0.15, 0.2) is 62.5 Å². The van der Waals surface area contributed by atoms with Crippen molar-refractivity contribution in [1.29, 1.82) is 0 Å². The van der Waals surface area contributed by atoms with E-state index in [-0.39, 0.29) is 45.9 Å². The molecule has 2 aromatic rings.